The Kier molecular flexibility index (Phi) is 6.17. The smallest absolute Gasteiger partial charge is 0.354 e. The molecule has 0 aromatic carbocycles. The van der Waals surface area contributed by atoms with Crippen LogP contribution in [0.2, 0.25) is 0 Å². The number of carbonyl (C=O) groups is 1. The molecule has 0 N–H and O–H groups in total. The van der Waals surface area contributed by atoms with Crippen molar-refractivity contribution in [1.82, 2.24) is 14.8 Å². The van der Waals surface area contributed by atoms with Crippen LogP contribution in [0, 0.1) is 11.8 Å². The van der Waals surface area contributed by atoms with Gasteiger partial charge in [0.25, 0.3) is 0 Å². The number of nitrogens with zero attached hydrogens (tertiary/aromatic N) is 4. The summed E-state index contributed by atoms with van der Waals surface area (Å²) in [6, 6.07) is 2.31. The van der Waals surface area contributed by atoms with Crippen molar-refractivity contribution < 1.29 is 18.0 Å². The van der Waals surface area contributed by atoms with E-state index < -0.39 is 11.7 Å². The Morgan fingerprint density at radius 1 is 1.11 bits per heavy atom. The third kappa shape index (κ3) is 4.77. The van der Waals surface area contributed by atoms with E-state index in [1.54, 1.807) is 0 Å². The molecule has 156 valence electrons. The van der Waals surface area contributed by atoms with Gasteiger partial charge in [0.1, 0.15) is 5.82 Å². The maximum absolute atomic E-state index is 12.9. The molecule has 0 aliphatic carbocycles. The predicted molar refractivity (Wildman–Crippen MR) is 102 cm³/mol. The molecule has 3 heterocycles. The number of halogens is 3. The summed E-state index contributed by atoms with van der Waals surface area (Å²) in [4.78, 5) is 23.0. The van der Waals surface area contributed by atoms with E-state index in [-0.39, 0.29) is 11.9 Å². The average molecular weight is 398 g/mol. The number of hydrogen-bond acceptors (Lipinski definition) is 4. The van der Waals surface area contributed by atoms with E-state index in [1.807, 2.05) is 16.7 Å². The fourth-order valence-electron chi connectivity index (χ4n) is 4.34. The highest BCUT2D eigenvalue weighted by Crippen LogP contribution is 2.29. The zero-order chi connectivity index (χ0) is 20.5. The van der Waals surface area contributed by atoms with Gasteiger partial charge in [0.15, 0.2) is 0 Å². The molecule has 0 saturated carbocycles. The van der Waals surface area contributed by atoms with Gasteiger partial charge in [0.05, 0.1) is 11.6 Å². The van der Waals surface area contributed by atoms with E-state index in [4.69, 9.17) is 0 Å². The molecule has 2 aliphatic rings. The molecule has 0 spiro atoms. The number of likely N-dealkylation sites (tertiary alicyclic amines) is 1. The molecule has 0 unspecified atom stereocenters. The Labute approximate surface area is 164 Å². The highest BCUT2D eigenvalue weighted by atomic mass is 19.4. The zero-order valence-corrected chi connectivity index (χ0v) is 16.7. The highest BCUT2D eigenvalue weighted by molar-refractivity contribution is 5.81. The van der Waals surface area contributed by atoms with Crippen LogP contribution in [0.4, 0.5) is 19.0 Å². The number of hydrogen-bond donors (Lipinski definition) is 0. The van der Waals surface area contributed by atoms with Gasteiger partial charge < -0.3 is 9.80 Å². The van der Waals surface area contributed by atoms with E-state index in [9.17, 15) is 18.0 Å². The number of carbonyl (C=O) groups excluding carboxylic acids is 1. The second-order valence-electron chi connectivity index (χ2n) is 8.29. The lowest BCUT2D eigenvalue weighted by Crippen LogP contribution is -2.56. The quantitative estimate of drug-likeness (QED) is 0.785. The molecule has 1 aromatic heterocycles. The maximum atomic E-state index is 12.9. The minimum Gasteiger partial charge on any atom is -0.354 e. The third-order valence-corrected chi connectivity index (χ3v) is 5.80. The second kappa shape index (κ2) is 8.27. The maximum Gasteiger partial charge on any atom is 0.417 e. The molecule has 2 aliphatic heterocycles. The van der Waals surface area contributed by atoms with Crippen LogP contribution in [0.1, 0.15) is 32.8 Å². The van der Waals surface area contributed by atoms with E-state index in [0.29, 0.717) is 43.8 Å². The van der Waals surface area contributed by atoms with Crippen molar-refractivity contribution in [1.29, 1.82) is 0 Å². The van der Waals surface area contributed by atoms with E-state index >= 15 is 0 Å². The Hall–Kier alpha value is -1.83. The lowest BCUT2D eigenvalue weighted by Gasteiger charge is -2.41. The molecule has 1 amide bonds. The lowest BCUT2D eigenvalue weighted by atomic mass is 9.91. The van der Waals surface area contributed by atoms with E-state index in [2.05, 4.69) is 23.7 Å². The Morgan fingerprint density at radius 3 is 2.21 bits per heavy atom. The number of rotatable bonds is 3. The normalized spacial score (nSPS) is 25.6. The van der Waals surface area contributed by atoms with Crippen LogP contribution in [0.5, 0.6) is 0 Å². The van der Waals surface area contributed by atoms with Gasteiger partial charge in [-0.05, 0) is 37.3 Å². The van der Waals surface area contributed by atoms with Crippen molar-refractivity contribution in [2.45, 2.75) is 39.4 Å². The van der Waals surface area contributed by atoms with Crippen LogP contribution in [-0.2, 0) is 11.0 Å². The topological polar surface area (TPSA) is 39.7 Å². The first kappa shape index (κ1) is 20.9. The van der Waals surface area contributed by atoms with Crippen molar-refractivity contribution in [3.05, 3.63) is 23.9 Å². The molecule has 28 heavy (non-hydrogen) atoms. The molecule has 5 nitrogen and oxygen atoms in total. The fourth-order valence-corrected chi connectivity index (χ4v) is 4.34. The number of pyridine rings is 1. The Bertz CT molecular complexity index is 661. The molecule has 0 bridgehead atoms. The molecule has 0 radical (unpaired) electrons. The Balaban J connectivity index is 1.55. The average Bonchev–Trinajstić information content (AvgIpc) is 2.65. The lowest BCUT2D eigenvalue weighted by molar-refractivity contribution is -0.139. The van der Waals surface area contributed by atoms with Crippen molar-refractivity contribution in [2.24, 2.45) is 11.8 Å². The van der Waals surface area contributed by atoms with Crippen LogP contribution in [0.3, 0.4) is 0 Å². The van der Waals surface area contributed by atoms with Crippen LogP contribution in [-0.4, -0.2) is 66.0 Å². The molecular weight excluding hydrogens is 369 g/mol. The van der Waals surface area contributed by atoms with Gasteiger partial charge in [-0.1, -0.05) is 13.8 Å². The number of amides is 1. The molecule has 2 saturated heterocycles. The number of anilines is 1. The summed E-state index contributed by atoms with van der Waals surface area (Å²) in [6.45, 7) is 10.6. The number of alkyl halides is 3. The summed E-state index contributed by atoms with van der Waals surface area (Å²) in [5.41, 5.74) is -0.737. The van der Waals surface area contributed by atoms with Gasteiger partial charge in [-0.15, -0.1) is 0 Å². The molecule has 3 atom stereocenters. The minimum absolute atomic E-state index is 0.180. The summed E-state index contributed by atoms with van der Waals surface area (Å²) >= 11 is 0. The molecule has 3 rings (SSSR count). The summed E-state index contributed by atoms with van der Waals surface area (Å²) in [7, 11) is 0. The summed E-state index contributed by atoms with van der Waals surface area (Å²) in [5.74, 6) is 1.79. The molecule has 8 heteroatoms. The van der Waals surface area contributed by atoms with Crippen molar-refractivity contribution >= 4 is 11.7 Å². The largest absolute Gasteiger partial charge is 0.417 e. The fraction of sp³-hybridized carbons (Fsp3) is 0.700. The number of piperidine rings is 1. The van der Waals surface area contributed by atoms with E-state index in [0.717, 1.165) is 31.8 Å². The van der Waals surface area contributed by atoms with Crippen molar-refractivity contribution in [2.75, 3.05) is 44.2 Å². The van der Waals surface area contributed by atoms with Crippen LogP contribution in [0.15, 0.2) is 18.3 Å². The van der Waals surface area contributed by atoms with Gasteiger partial charge >= 0.3 is 6.18 Å². The number of piperazine rings is 1. The zero-order valence-electron chi connectivity index (χ0n) is 16.7. The van der Waals surface area contributed by atoms with Gasteiger partial charge in [-0.2, -0.15) is 13.2 Å². The standard InChI is InChI=1S/C20H29F3N4O/c1-14-10-15(2)13-27(12-14)19(28)16(3)25-6-8-26(9-7-25)18-5-4-17(11-24-18)20(21,22)23/h4-5,11,14-16H,6-10,12-13H2,1-3H3/t14-,15+,16-/m1/s1. The Morgan fingerprint density at radius 2 is 1.71 bits per heavy atom. The summed E-state index contributed by atoms with van der Waals surface area (Å²) < 4.78 is 38.0. The van der Waals surface area contributed by atoms with Crippen molar-refractivity contribution in [3.63, 3.8) is 0 Å². The van der Waals surface area contributed by atoms with Crippen LogP contribution in [0.25, 0.3) is 0 Å². The van der Waals surface area contributed by atoms with Crippen LogP contribution >= 0.6 is 0 Å². The van der Waals surface area contributed by atoms with Gasteiger partial charge in [-0.3, -0.25) is 9.69 Å². The SMILES string of the molecule is C[C@@H]1C[C@H](C)CN(C(=O)[C@@H](C)N2CCN(c3ccc(C(F)(F)F)cn3)CC2)C1. The molecule has 1 aromatic rings. The molecule has 2 fully saturated rings. The van der Waals surface area contributed by atoms with Gasteiger partial charge in [0, 0.05) is 45.5 Å². The minimum atomic E-state index is -4.37. The predicted octanol–water partition coefficient (Wildman–Crippen LogP) is 3.12. The first-order chi connectivity index (χ1) is 13.1. The first-order valence-corrected chi connectivity index (χ1v) is 9.96. The monoisotopic (exact) mass is 398 g/mol. The van der Waals surface area contributed by atoms with Gasteiger partial charge in [-0.25, -0.2) is 4.98 Å². The highest BCUT2D eigenvalue weighted by Gasteiger charge is 2.33. The van der Waals surface area contributed by atoms with E-state index in [1.165, 1.54) is 6.07 Å². The number of aromatic nitrogens is 1. The second-order valence-corrected chi connectivity index (χ2v) is 8.29. The summed E-state index contributed by atoms with van der Waals surface area (Å²) in [6.07, 6.45) is -2.33. The van der Waals surface area contributed by atoms with Crippen LogP contribution < -0.4 is 4.90 Å². The van der Waals surface area contributed by atoms with Gasteiger partial charge in [0.2, 0.25) is 5.91 Å². The molecular formula is C20H29F3N4O. The van der Waals surface area contributed by atoms with Crippen molar-refractivity contribution in [3.8, 4) is 0 Å². The summed E-state index contributed by atoms with van der Waals surface area (Å²) in [5, 5.41) is 0. The first-order valence-electron chi connectivity index (χ1n) is 9.96. The third-order valence-electron chi connectivity index (χ3n) is 5.80.